The molecule has 5 rings (SSSR count). The molecular formula is C28H24N2O3S. The van der Waals surface area contributed by atoms with Gasteiger partial charge in [0.15, 0.2) is 12.4 Å². The van der Waals surface area contributed by atoms with E-state index in [4.69, 9.17) is 4.74 Å². The molecule has 0 saturated carbocycles. The number of hydrogen-bond donors (Lipinski definition) is 0. The Hall–Kier alpha value is -3.77. The lowest BCUT2D eigenvalue weighted by atomic mass is 9.83. The van der Waals surface area contributed by atoms with Gasteiger partial charge in [0.05, 0.1) is 21.7 Å². The maximum atomic E-state index is 13.1. The number of para-hydroxylation sites is 2. The maximum Gasteiger partial charge on any atom is 0.339 e. The third-order valence-electron chi connectivity index (χ3n) is 6.29. The van der Waals surface area contributed by atoms with Gasteiger partial charge in [0, 0.05) is 35.3 Å². The van der Waals surface area contributed by atoms with Crippen LogP contribution < -0.4 is 4.90 Å². The zero-order valence-electron chi connectivity index (χ0n) is 19.2. The molecule has 170 valence electrons. The fraction of sp³-hybridized carbons (Fsp3) is 0.179. The van der Waals surface area contributed by atoms with Gasteiger partial charge in [-0.2, -0.15) is 0 Å². The first-order chi connectivity index (χ1) is 16.4. The number of nitrogens with zero attached hydrogens (tertiary/aromatic N) is 2. The second kappa shape index (κ2) is 8.54. The average Bonchev–Trinajstić information content (AvgIpc) is 3.45. The molecule has 3 heterocycles. The van der Waals surface area contributed by atoms with Crippen LogP contribution in [-0.2, 0) is 14.9 Å². The molecule has 0 fully saturated rings. The summed E-state index contributed by atoms with van der Waals surface area (Å²) in [5.41, 5.74) is 4.62. The molecule has 0 N–H and O–H groups in total. The summed E-state index contributed by atoms with van der Waals surface area (Å²) in [5.74, 6) is -0.793. The van der Waals surface area contributed by atoms with Crippen molar-refractivity contribution in [2.24, 2.45) is 0 Å². The normalized spacial score (nSPS) is 15.5. The van der Waals surface area contributed by atoms with Crippen molar-refractivity contribution in [1.82, 2.24) is 4.98 Å². The Balaban J connectivity index is 1.39. The molecule has 4 aromatic rings. The van der Waals surface area contributed by atoms with Crippen LogP contribution in [0, 0.1) is 0 Å². The van der Waals surface area contributed by atoms with Gasteiger partial charge >= 0.3 is 5.97 Å². The van der Waals surface area contributed by atoms with Gasteiger partial charge in [-0.3, -0.25) is 4.79 Å². The Kier molecular flexibility index (Phi) is 5.54. The number of ether oxygens (including phenoxy) is 1. The standard InChI is InChI=1S/C28H24N2O3S/c1-28(2)21-10-5-7-12-24(21)30(3)26(28)15-18(31)17-33-27(32)20-16-23(25-13-8-14-34-25)29-22-11-6-4-9-19(20)22/h4-16H,17H2,1-3H3/b26-15+. The number of pyridine rings is 1. The SMILES string of the molecule is CN1/C(=C/C(=O)COC(=O)c2cc(-c3cccs3)nc3ccccc23)C(C)(C)c2ccccc21. The number of anilines is 1. The van der Waals surface area contributed by atoms with Crippen LogP contribution >= 0.6 is 11.3 Å². The first-order valence-corrected chi connectivity index (χ1v) is 11.9. The first kappa shape index (κ1) is 22.0. The van der Waals surface area contributed by atoms with Crippen LogP contribution in [-0.4, -0.2) is 30.4 Å². The molecule has 0 aliphatic carbocycles. The van der Waals surface area contributed by atoms with Gasteiger partial charge in [0.2, 0.25) is 0 Å². The molecule has 5 nitrogen and oxygen atoms in total. The number of carbonyl (C=O) groups is 2. The highest BCUT2D eigenvalue weighted by Gasteiger charge is 2.38. The van der Waals surface area contributed by atoms with Crippen molar-refractivity contribution >= 4 is 39.7 Å². The third kappa shape index (κ3) is 3.80. The summed E-state index contributed by atoms with van der Waals surface area (Å²) in [7, 11) is 1.95. The first-order valence-electron chi connectivity index (χ1n) is 11.1. The summed E-state index contributed by atoms with van der Waals surface area (Å²) >= 11 is 1.55. The maximum absolute atomic E-state index is 13.1. The number of aromatic nitrogens is 1. The smallest absolute Gasteiger partial charge is 0.339 e. The van der Waals surface area contributed by atoms with Crippen LogP contribution in [0.25, 0.3) is 21.5 Å². The summed E-state index contributed by atoms with van der Waals surface area (Å²) in [4.78, 5) is 33.6. The van der Waals surface area contributed by atoms with Crippen molar-refractivity contribution in [3.63, 3.8) is 0 Å². The number of esters is 1. The van der Waals surface area contributed by atoms with E-state index in [0.29, 0.717) is 22.2 Å². The number of benzene rings is 2. The molecule has 34 heavy (non-hydrogen) atoms. The molecule has 1 aliphatic heterocycles. The van der Waals surface area contributed by atoms with E-state index in [1.54, 1.807) is 23.5 Å². The van der Waals surface area contributed by atoms with Crippen LogP contribution in [0.1, 0.15) is 29.8 Å². The number of allylic oxidation sites excluding steroid dienone is 1. The van der Waals surface area contributed by atoms with Crippen molar-refractivity contribution in [3.8, 4) is 10.6 Å². The summed E-state index contributed by atoms with van der Waals surface area (Å²) in [6.07, 6.45) is 1.59. The minimum atomic E-state index is -0.537. The Labute approximate surface area is 202 Å². The number of thiophene rings is 1. The van der Waals surface area contributed by atoms with E-state index in [0.717, 1.165) is 21.8 Å². The molecule has 2 aromatic carbocycles. The van der Waals surface area contributed by atoms with E-state index in [2.05, 4.69) is 24.9 Å². The zero-order chi connectivity index (χ0) is 23.9. The molecule has 0 unspecified atom stereocenters. The van der Waals surface area contributed by atoms with E-state index >= 15 is 0 Å². The van der Waals surface area contributed by atoms with Gasteiger partial charge in [-0.05, 0) is 35.2 Å². The number of hydrogen-bond acceptors (Lipinski definition) is 6. The van der Waals surface area contributed by atoms with Crippen LogP contribution in [0.15, 0.2) is 83.9 Å². The largest absolute Gasteiger partial charge is 0.454 e. The van der Waals surface area contributed by atoms with Gasteiger partial charge in [0.25, 0.3) is 0 Å². The van der Waals surface area contributed by atoms with E-state index in [1.807, 2.05) is 71.9 Å². The Morgan fingerprint density at radius 2 is 1.82 bits per heavy atom. The summed E-state index contributed by atoms with van der Waals surface area (Å²) in [6, 6.07) is 21.2. The van der Waals surface area contributed by atoms with E-state index in [9.17, 15) is 9.59 Å². The number of likely N-dealkylation sites (N-methyl/N-ethyl adjacent to an activating group) is 1. The number of fused-ring (bicyclic) bond motifs is 2. The van der Waals surface area contributed by atoms with Gasteiger partial charge in [-0.25, -0.2) is 9.78 Å². The van der Waals surface area contributed by atoms with Crippen LogP contribution in [0.5, 0.6) is 0 Å². The lowest BCUT2D eigenvalue weighted by molar-refractivity contribution is -0.117. The van der Waals surface area contributed by atoms with E-state index < -0.39 is 5.97 Å². The van der Waals surface area contributed by atoms with Crippen LogP contribution in [0.3, 0.4) is 0 Å². The lowest BCUT2D eigenvalue weighted by Gasteiger charge is -2.23. The number of carbonyl (C=O) groups excluding carboxylic acids is 2. The Morgan fingerprint density at radius 1 is 1.06 bits per heavy atom. The molecule has 0 atom stereocenters. The fourth-order valence-corrected chi connectivity index (χ4v) is 5.25. The van der Waals surface area contributed by atoms with Crippen molar-refractivity contribution in [2.45, 2.75) is 19.3 Å². The predicted octanol–water partition coefficient (Wildman–Crippen LogP) is 6.00. The third-order valence-corrected chi connectivity index (χ3v) is 7.19. The van der Waals surface area contributed by atoms with Crippen LogP contribution in [0.2, 0.25) is 0 Å². The van der Waals surface area contributed by atoms with Crippen molar-refractivity contribution in [3.05, 3.63) is 95.0 Å². The predicted molar refractivity (Wildman–Crippen MR) is 136 cm³/mol. The van der Waals surface area contributed by atoms with Gasteiger partial charge in [0.1, 0.15) is 0 Å². The summed E-state index contributed by atoms with van der Waals surface area (Å²) < 4.78 is 5.49. The molecule has 0 spiro atoms. The van der Waals surface area contributed by atoms with Crippen molar-refractivity contribution in [2.75, 3.05) is 18.6 Å². The fourth-order valence-electron chi connectivity index (χ4n) is 4.56. The second-order valence-corrected chi connectivity index (χ2v) is 9.77. The quantitative estimate of drug-likeness (QED) is 0.266. The average molecular weight is 469 g/mol. The van der Waals surface area contributed by atoms with Gasteiger partial charge < -0.3 is 9.64 Å². The highest BCUT2D eigenvalue weighted by atomic mass is 32.1. The molecule has 6 heteroatoms. The molecule has 0 radical (unpaired) electrons. The zero-order valence-corrected chi connectivity index (χ0v) is 20.1. The van der Waals surface area contributed by atoms with Gasteiger partial charge in [-0.1, -0.05) is 56.3 Å². The Bertz CT molecular complexity index is 1440. The number of ketones is 1. The van der Waals surface area contributed by atoms with Crippen molar-refractivity contribution in [1.29, 1.82) is 0 Å². The van der Waals surface area contributed by atoms with Gasteiger partial charge in [-0.15, -0.1) is 11.3 Å². The molecule has 0 saturated heterocycles. The highest BCUT2D eigenvalue weighted by molar-refractivity contribution is 7.13. The molecule has 1 aliphatic rings. The minimum absolute atomic E-state index is 0.257. The Morgan fingerprint density at radius 3 is 2.59 bits per heavy atom. The minimum Gasteiger partial charge on any atom is -0.454 e. The second-order valence-electron chi connectivity index (χ2n) is 8.82. The monoisotopic (exact) mass is 468 g/mol. The molecule has 0 amide bonds. The van der Waals surface area contributed by atoms with E-state index in [-0.39, 0.29) is 17.8 Å². The van der Waals surface area contributed by atoms with Crippen LogP contribution in [0.4, 0.5) is 5.69 Å². The lowest BCUT2D eigenvalue weighted by Crippen LogP contribution is -2.25. The van der Waals surface area contributed by atoms with E-state index in [1.165, 1.54) is 0 Å². The number of rotatable bonds is 5. The molecule has 0 bridgehead atoms. The molecule has 2 aromatic heterocycles. The van der Waals surface area contributed by atoms with Crippen molar-refractivity contribution < 1.29 is 14.3 Å². The summed E-state index contributed by atoms with van der Waals surface area (Å²) in [6.45, 7) is 3.86. The molecular weight excluding hydrogens is 444 g/mol. The summed E-state index contributed by atoms with van der Waals surface area (Å²) in [5, 5.41) is 2.67. The highest BCUT2D eigenvalue weighted by Crippen LogP contribution is 2.46. The topological polar surface area (TPSA) is 59.5 Å².